The van der Waals surface area contributed by atoms with Crippen molar-refractivity contribution in [1.82, 2.24) is 5.32 Å². The molecule has 0 aromatic heterocycles. The SMILES string of the molecule is CC(CCNC(C)(C)C)c1ccc(-c2ccc(Cl)cc2)cc1. The van der Waals surface area contributed by atoms with Crippen LogP contribution in [0.15, 0.2) is 48.5 Å². The Bertz CT molecular complexity index is 579. The summed E-state index contributed by atoms with van der Waals surface area (Å²) in [5, 5.41) is 4.33. The van der Waals surface area contributed by atoms with Crippen LogP contribution in [0.1, 0.15) is 45.6 Å². The van der Waals surface area contributed by atoms with Crippen molar-refractivity contribution in [2.24, 2.45) is 0 Å². The number of hydrogen-bond acceptors (Lipinski definition) is 1. The van der Waals surface area contributed by atoms with E-state index in [1.54, 1.807) is 0 Å². The quantitative estimate of drug-likeness (QED) is 0.725. The van der Waals surface area contributed by atoms with E-state index in [0.717, 1.165) is 18.0 Å². The first-order valence-corrected chi connectivity index (χ1v) is 8.34. The Morgan fingerprint density at radius 2 is 1.41 bits per heavy atom. The van der Waals surface area contributed by atoms with Crippen LogP contribution in [0, 0.1) is 0 Å². The minimum atomic E-state index is 0.193. The van der Waals surface area contributed by atoms with Gasteiger partial charge in [0.25, 0.3) is 0 Å². The van der Waals surface area contributed by atoms with Crippen LogP contribution in [0.4, 0.5) is 0 Å². The molecule has 0 spiro atoms. The molecule has 1 N–H and O–H groups in total. The Kier molecular flexibility index (Phi) is 5.66. The summed E-state index contributed by atoms with van der Waals surface area (Å²) in [6.45, 7) is 9.96. The lowest BCUT2D eigenvalue weighted by Gasteiger charge is -2.22. The Labute approximate surface area is 139 Å². The summed E-state index contributed by atoms with van der Waals surface area (Å²) in [5.41, 5.74) is 4.03. The van der Waals surface area contributed by atoms with E-state index in [1.165, 1.54) is 16.7 Å². The summed E-state index contributed by atoms with van der Waals surface area (Å²) < 4.78 is 0. The van der Waals surface area contributed by atoms with E-state index in [4.69, 9.17) is 11.6 Å². The standard InChI is InChI=1S/C20H26ClN/c1-15(13-14-22-20(2,3)4)16-5-7-17(8-6-16)18-9-11-19(21)12-10-18/h5-12,15,22H,13-14H2,1-4H3. The molecule has 1 atom stereocenters. The van der Waals surface area contributed by atoms with Gasteiger partial charge in [-0.15, -0.1) is 0 Å². The van der Waals surface area contributed by atoms with Crippen molar-refractivity contribution in [3.8, 4) is 11.1 Å². The molecule has 0 saturated heterocycles. The van der Waals surface area contributed by atoms with Gasteiger partial charge in [-0.05, 0) is 68.5 Å². The highest BCUT2D eigenvalue weighted by Gasteiger charge is 2.10. The first-order chi connectivity index (χ1) is 10.3. The van der Waals surface area contributed by atoms with Gasteiger partial charge in [-0.3, -0.25) is 0 Å². The molecule has 1 unspecified atom stereocenters. The summed E-state index contributed by atoms with van der Waals surface area (Å²) in [4.78, 5) is 0. The Morgan fingerprint density at radius 3 is 1.91 bits per heavy atom. The smallest absolute Gasteiger partial charge is 0.0406 e. The average molecular weight is 316 g/mol. The fourth-order valence-corrected chi connectivity index (χ4v) is 2.60. The lowest BCUT2D eigenvalue weighted by molar-refractivity contribution is 0.413. The molecule has 0 fully saturated rings. The van der Waals surface area contributed by atoms with Crippen LogP contribution in [0.2, 0.25) is 5.02 Å². The lowest BCUT2D eigenvalue weighted by Crippen LogP contribution is -2.36. The van der Waals surface area contributed by atoms with E-state index in [2.05, 4.69) is 69.4 Å². The average Bonchev–Trinajstić information content (AvgIpc) is 2.47. The maximum absolute atomic E-state index is 5.94. The molecule has 2 heteroatoms. The molecule has 118 valence electrons. The first kappa shape index (κ1) is 17.1. The van der Waals surface area contributed by atoms with Gasteiger partial charge in [0.15, 0.2) is 0 Å². The van der Waals surface area contributed by atoms with Gasteiger partial charge in [0.2, 0.25) is 0 Å². The normalized spacial score (nSPS) is 13.1. The summed E-state index contributed by atoms with van der Waals surface area (Å²) in [6, 6.07) is 16.9. The number of rotatable bonds is 5. The highest BCUT2D eigenvalue weighted by Crippen LogP contribution is 2.25. The Balaban J connectivity index is 1.97. The van der Waals surface area contributed by atoms with Crippen molar-refractivity contribution in [3.05, 3.63) is 59.1 Å². The van der Waals surface area contributed by atoms with Gasteiger partial charge < -0.3 is 5.32 Å². The van der Waals surface area contributed by atoms with Crippen LogP contribution >= 0.6 is 11.6 Å². The van der Waals surface area contributed by atoms with Gasteiger partial charge >= 0.3 is 0 Å². The topological polar surface area (TPSA) is 12.0 Å². The second-order valence-electron chi connectivity index (χ2n) is 7.00. The summed E-state index contributed by atoms with van der Waals surface area (Å²) in [7, 11) is 0. The van der Waals surface area contributed by atoms with E-state index < -0.39 is 0 Å². The fraction of sp³-hybridized carbons (Fsp3) is 0.400. The van der Waals surface area contributed by atoms with E-state index >= 15 is 0 Å². The van der Waals surface area contributed by atoms with Crippen LogP contribution in [-0.2, 0) is 0 Å². The second kappa shape index (κ2) is 7.30. The van der Waals surface area contributed by atoms with Crippen LogP contribution in [0.3, 0.4) is 0 Å². The molecular formula is C20H26ClN. The third kappa shape index (κ3) is 5.15. The van der Waals surface area contributed by atoms with Gasteiger partial charge in [-0.25, -0.2) is 0 Å². The molecule has 0 bridgehead atoms. The highest BCUT2D eigenvalue weighted by atomic mass is 35.5. The molecule has 2 aromatic rings. The van der Waals surface area contributed by atoms with Gasteiger partial charge in [-0.2, -0.15) is 0 Å². The van der Waals surface area contributed by atoms with E-state index in [0.29, 0.717) is 5.92 Å². The summed E-state index contributed by atoms with van der Waals surface area (Å²) in [6.07, 6.45) is 1.15. The minimum Gasteiger partial charge on any atom is -0.312 e. The zero-order valence-electron chi connectivity index (χ0n) is 14.0. The first-order valence-electron chi connectivity index (χ1n) is 7.96. The number of halogens is 1. The van der Waals surface area contributed by atoms with Crippen LogP contribution in [0.25, 0.3) is 11.1 Å². The van der Waals surface area contributed by atoms with Gasteiger partial charge in [0.05, 0.1) is 0 Å². The van der Waals surface area contributed by atoms with E-state index in [9.17, 15) is 0 Å². The molecule has 2 aromatic carbocycles. The molecule has 0 aliphatic carbocycles. The molecule has 22 heavy (non-hydrogen) atoms. The van der Waals surface area contributed by atoms with E-state index in [1.807, 2.05) is 12.1 Å². The van der Waals surface area contributed by atoms with Crippen molar-refractivity contribution >= 4 is 11.6 Å². The van der Waals surface area contributed by atoms with Crippen molar-refractivity contribution in [3.63, 3.8) is 0 Å². The second-order valence-corrected chi connectivity index (χ2v) is 7.43. The number of hydrogen-bond donors (Lipinski definition) is 1. The molecule has 0 amide bonds. The van der Waals surface area contributed by atoms with Crippen molar-refractivity contribution in [2.45, 2.75) is 45.6 Å². The minimum absolute atomic E-state index is 0.193. The van der Waals surface area contributed by atoms with Crippen molar-refractivity contribution < 1.29 is 0 Å². The molecule has 0 aliphatic rings. The van der Waals surface area contributed by atoms with Crippen LogP contribution in [0.5, 0.6) is 0 Å². The molecule has 2 rings (SSSR count). The summed E-state index contributed by atoms with van der Waals surface area (Å²) >= 11 is 5.94. The van der Waals surface area contributed by atoms with Crippen molar-refractivity contribution in [1.29, 1.82) is 0 Å². The molecular weight excluding hydrogens is 290 g/mol. The Hall–Kier alpha value is -1.31. The maximum Gasteiger partial charge on any atom is 0.0406 e. The fourth-order valence-electron chi connectivity index (χ4n) is 2.48. The maximum atomic E-state index is 5.94. The Morgan fingerprint density at radius 1 is 0.909 bits per heavy atom. The third-order valence-electron chi connectivity index (χ3n) is 3.89. The third-order valence-corrected chi connectivity index (χ3v) is 4.14. The molecule has 1 nitrogen and oxygen atoms in total. The predicted molar refractivity (Wildman–Crippen MR) is 97.7 cm³/mol. The van der Waals surface area contributed by atoms with E-state index in [-0.39, 0.29) is 5.54 Å². The van der Waals surface area contributed by atoms with Gasteiger partial charge in [0, 0.05) is 10.6 Å². The van der Waals surface area contributed by atoms with Crippen molar-refractivity contribution in [2.75, 3.05) is 6.54 Å². The monoisotopic (exact) mass is 315 g/mol. The summed E-state index contributed by atoms with van der Waals surface area (Å²) in [5.74, 6) is 0.564. The lowest BCUT2D eigenvalue weighted by atomic mass is 9.95. The van der Waals surface area contributed by atoms with Crippen LogP contribution in [-0.4, -0.2) is 12.1 Å². The molecule has 0 radical (unpaired) electrons. The molecule has 0 saturated carbocycles. The zero-order valence-corrected chi connectivity index (χ0v) is 14.7. The molecule has 0 aliphatic heterocycles. The number of nitrogens with one attached hydrogen (secondary N) is 1. The number of benzene rings is 2. The van der Waals surface area contributed by atoms with Crippen LogP contribution < -0.4 is 5.32 Å². The zero-order chi connectivity index (χ0) is 16.2. The largest absolute Gasteiger partial charge is 0.312 e. The highest BCUT2D eigenvalue weighted by molar-refractivity contribution is 6.30. The molecule has 0 heterocycles. The van der Waals surface area contributed by atoms with Gasteiger partial charge in [-0.1, -0.05) is 54.9 Å². The predicted octanol–water partition coefficient (Wildman–Crippen LogP) is 5.89. The van der Waals surface area contributed by atoms with Gasteiger partial charge in [0.1, 0.15) is 0 Å².